The van der Waals surface area contributed by atoms with Crippen LogP contribution in [0.15, 0.2) is 42.5 Å². The Bertz CT molecular complexity index is 655. The minimum atomic E-state index is -0.407. The quantitative estimate of drug-likeness (QED) is 0.926. The molecule has 0 spiro atoms. The lowest BCUT2D eigenvalue weighted by atomic mass is 10.1. The number of carbonyl (C=O) groups excluding carboxylic acids is 1. The van der Waals surface area contributed by atoms with Crippen LogP contribution in [0.2, 0.25) is 0 Å². The van der Waals surface area contributed by atoms with Crippen LogP contribution in [0, 0.1) is 12.7 Å². The molecular weight excluding hydrogens is 267 g/mol. The Morgan fingerprint density at radius 3 is 2.57 bits per heavy atom. The highest BCUT2D eigenvalue weighted by Gasteiger charge is 2.18. The van der Waals surface area contributed by atoms with Crippen molar-refractivity contribution in [2.24, 2.45) is 0 Å². The zero-order valence-corrected chi connectivity index (χ0v) is 12.5. The summed E-state index contributed by atoms with van der Waals surface area (Å²) in [5.74, 6) is -0.629. The molecule has 4 heteroatoms. The third-order valence-electron chi connectivity index (χ3n) is 3.36. The van der Waals surface area contributed by atoms with Gasteiger partial charge in [-0.3, -0.25) is 4.79 Å². The number of benzene rings is 2. The summed E-state index contributed by atoms with van der Waals surface area (Å²) in [6.45, 7) is 4.71. The standard InChI is InChI=1S/C17H19FN2O/c1-4-19-13-9-10-14(12(2)11-13)17(21)20(3)16-8-6-5-7-15(16)18/h5-11,19H,4H2,1-3H3. The number of carbonyl (C=O) groups is 1. The van der Waals surface area contributed by atoms with Gasteiger partial charge in [-0.15, -0.1) is 0 Å². The molecule has 1 amide bonds. The number of aryl methyl sites for hydroxylation is 1. The Morgan fingerprint density at radius 2 is 1.95 bits per heavy atom. The summed E-state index contributed by atoms with van der Waals surface area (Å²) in [6.07, 6.45) is 0. The van der Waals surface area contributed by atoms with Gasteiger partial charge in [-0.1, -0.05) is 12.1 Å². The van der Waals surface area contributed by atoms with Crippen molar-refractivity contribution in [2.75, 3.05) is 23.8 Å². The molecule has 2 aromatic rings. The molecule has 0 unspecified atom stereocenters. The molecule has 1 N–H and O–H groups in total. The van der Waals surface area contributed by atoms with Crippen LogP contribution in [0.5, 0.6) is 0 Å². The summed E-state index contributed by atoms with van der Waals surface area (Å²) in [5.41, 5.74) is 2.68. The highest BCUT2D eigenvalue weighted by Crippen LogP contribution is 2.22. The highest BCUT2D eigenvalue weighted by molar-refractivity contribution is 6.06. The molecule has 0 atom stereocenters. The zero-order valence-electron chi connectivity index (χ0n) is 12.5. The molecule has 0 bridgehead atoms. The lowest BCUT2D eigenvalue weighted by molar-refractivity contribution is 0.0991. The number of halogens is 1. The van der Waals surface area contributed by atoms with Crippen LogP contribution in [-0.2, 0) is 0 Å². The average molecular weight is 286 g/mol. The van der Waals surface area contributed by atoms with Gasteiger partial charge >= 0.3 is 0 Å². The maximum Gasteiger partial charge on any atom is 0.258 e. The predicted molar refractivity (Wildman–Crippen MR) is 84.5 cm³/mol. The van der Waals surface area contributed by atoms with Gasteiger partial charge in [0.1, 0.15) is 5.82 Å². The van der Waals surface area contributed by atoms with Gasteiger partial charge in [0.25, 0.3) is 5.91 Å². The van der Waals surface area contributed by atoms with E-state index in [0.29, 0.717) is 5.56 Å². The van der Waals surface area contributed by atoms with E-state index in [1.165, 1.54) is 11.0 Å². The second-order valence-corrected chi connectivity index (χ2v) is 4.88. The van der Waals surface area contributed by atoms with Crippen LogP contribution < -0.4 is 10.2 Å². The molecular formula is C17H19FN2O. The van der Waals surface area contributed by atoms with Crippen molar-refractivity contribution in [2.45, 2.75) is 13.8 Å². The molecule has 0 saturated carbocycles. The number of nitrogens with one attached hydrogen (secondary N) is 1. The molecule has 3 nitrogen and oxygen atoms in total. The third kappa shape index (κ3) is 3.21. The van der Waals surface area contributed by atoms with E-state index in [1.54, 1.807) is 31.3 Å². The smallest absolute Gasteiger partial charge is 0.258 e. The Balaban J connectivity index is 2.30. The lowest BCUT2D eigenvalue weighted by Crippen LogP contribution is -2.27. The van der Waals surface area contributed by atoms with Crippen molar-refractivity contribution in [1.82, 2.24) is 0 Å². The van der Waals surface area contributed by atoms with Crippen molar-refractivity contribution in [3.05, 3.63) is 59.4 Å². The average Bonchev–Trinajstić information content (AvgIpc) is 2.47. The molecule has 0 saturated heterocycles. The molecule has 0 radical (unpaired) electrons. The van der Waals surface area contributed by atoms with Gasteiger partial charge in [-0.2, -0.15) is 0 Å². The second kappa shape index (κ2) is 6.39. The van der Waals surface area contributed by atoms with Crippen LogP contribution in [0.1, 0.15) is 22.8 Å². The molecule has 0 heterocycles. The van der Waals surface area contributed by atoms with E-state index in [9.17, 15) is 9.18 Å². The van der Waals surface area contributed by atoms with E-state index in [1.807, 2.05) is 26.0 Å². The van der Waals surface area contributed by atoms with Crippen molar-refractivity contribution >= 4 is 17.3 Å². The molecule has 2 rings (SSSR count). The van der Waals surface area contributed by atoms with E-state index in [0.717, 1.165) is 17.8 Å². The number of hydrogen-bond donors (Lipinski definition) is 1. The number of rotatable bonds is 4. The Morgan fingerprint density at radius 1 is 1.24 bits per heavy atom. The maximum atomic E-state index is 13.8. The molecule has 0 aromatic heterocycles. The Hall–Kier alpha value is -2.36. The van der Waals surface area contributed by atoms with Gasteiger partial charge < -0.3 is 10.2 Å². The van der Waals surface area contributed by atoms with E-state index >= 15 is 0 Å². The summed E-state index contributed by atoms with van der Waals surface area (Å²) in [4.78, 5) is 13.9. The predicted octanol–water partition coefficient (Wildman–Crippen LogP) is 3.84. The van der Waals surface area contributed by atoms with Gasteiger partial charge in [0.2, 0.25) is 0 Å². The molecule has 0 aliphatic heterocycles. The summed E-state index contributed by atoms with van der Waals surface area (Å²) in [5, 5.41) is 3.20. The normalized spacial score (nSPS) is 10.3. The van der Waals surface area contributed by atoms with Gasteiger partial charge in [-0.25, -0.2) is 4.39 Å². The maximum absolute atomic E-state index is 13.8. The molecule has 0 aliphatic rings. The van der Waals surface area contributed by atoms with E-state index in [4.69, 9.17) is 0 Å². The first-order chi connectivity index (χ1) is 10.0. The van der Waals surface area contributed by atoms with Gasteiger partial charge in [0.15, 0.2) is 0 Å². The van der Waals surface area contributed by atoms with E-state index in [-0.39, 0.29) is 11.6 Å². The van der Waals surface area contributed by atoms with Crippen molar-refractivity contribution in [1.29, 1.82) is 0 Å². The third-order valence-corrected chi connectivity index (χ3v) is 3.36. The number of anilines is 2. The van der Waals surface area contributed by atoms with E-state index < -0.39 is 5.82 Å². The first-order valence-corrected chi connectivity index (χ1v) is 6.91. The lowest BCUT2D eigenvalue weighted by Gasteiger charge is -2.19. The SMILES string of the molecule is CCNc1ccc(C(=O)N(C)c2ccccc2F)c(C)c1. The highest BCUT2D eigenvalue weighted by atomic mass is 19.1. The number of nitrogens with zero attached hydrogens (tertiary/aromatic N) is 1. The topological polar surface area (TPSA) is 32.3 Å². The fraction of sp³-hybridized carbons (Fsp3) is 0.235. The largest absolute Gasteiger partial charge is 0.385 e. The summed E-state index contributed by atoms with van der Waals surface area (Å²) >= 11 is 0. The Labute approximate surface area is 124 Å². The fourth-order valence-electron chi connectivity index (χ4n) is 2.23. The summed E-state index contributed by atoms with van der Waals surface area (Å²) < 4.78 is 13.8. The molecule has 0 aliphatic carbocycles. The molecule has 2 aromatic carbocycles. The number of hydrogen-bond acceptors (Lipinski definition) is 2. The Kier molecular flexibility index (Phi) is 4.58. The number of para-hydroxylation sites is 1. The monoisotopic (exact) mass is 286 g/mol. The van der Waals surface area contributed by atoms with Crippen LogP contribution in [-0.4, -0.2) is 19.5 Å². The van der Waals surface area contributed by atoms with E-state index in [2.05, 4.69) is 5.32 Å². The van der Waals surface area contributed by atoms with Crippen molar-refractivity contribution in [3.8, 4) is 0 Å². The van der Waals surface area contributed by atoms with Crippen LogP contribution in [0.4, 0.5) is 15.8 Å². The van der Waals surface area contributed by atoms with Crippen LogP contribution in [0.3, 0.4) is 0 Å². The molecule has 21 heavy (non-hydrogen) atoms. The van der Waals surface area contributed by atoms with Gasteiger partial charge in [0.05, 0.1) is 5.69 Å². The zero-order chi connectivity index (χ0) is 15.4. The van der Waals surface area contributed by atoms with Crippen molar-refractivity contribution < 1.29 is 9.18 Å². The minimum absolute atomic E-state index is 0.222. The van der Waals surface area contributed by atoms with Gasteiger partial charge in [-0.05, 0) is 49.7 Å². The summed E-state index contributed by atoms with van der Waals surface area (Å²) in [7, 11) is 1.58. The van der Waals surface area contributed by atoms with Crippen LogP contribution >= 0.6 is 0 Å². The first-order valence-electron chi connectivity index (χ1n) is 6.91. The summed E-state index contributed by atoms with van der Waals surface area (Å²) in [6, 6.07) is 11.8. The number of amides is 1. The van der Waals surface area contributed by atoms with Crippen LogP contribution in [0.25, 0.3) is 0 Å². The van der Waals surface area contributed by atoms with Gasteiger partial charge in [0, 0.05) is 24.8 Å². The van der Waals surface area contributed by atoms with Crippen molar-refractivity contribution in [3.63, 3.8) is 0 Å². The molecule has 0 fully saturated rings. The molecule has 110 valence electrons. The minimum Gasteiger partial charge on any atom is -0.385 e. The first kappa shape index (κ1) is 15.0. The second-order valence-electron chi connectivity index (χ2n) is 4.88. The fourth-order valence-corrected chi connectivity index (χ4v) is 2.23.